The molecule has 0 heterocycles. The molecule has 1 atom stereocenters. The summed E-state index contributed by atoms with van der Waals surface area (Å²) in [5.41, 5.74) is 0. The smallest absolute Gasteiger partial charge is 0.160 e. The van der Waals surface area contributed by atoms with Crippen molar-refractivity contribution in [2.24, 2.45) is 4.13 Å². The molecule has 0 aliphatic carbocycles. The molecule has 1 N–H and O–H groups in total. The van der Waals surface area contributed by atoms with Crippen LogP contribution in [0.4, 0.5) is 0 Å². The molecule has 0 aromatic carbocycles. The Bertz CT molecular complexity index is 180. The summed E-state index contributed by atoms with van der Waals surface area (Å²) in [5, 5.41) is 0. The van der Waals surface area contributed by atoms with Crippen LogP contribution in [0.3, 0.4) is 0 Å². The molecule has 7 heteroatoms. The summed E-state index contributed by atoms with van der Waals surface area (Å²) in [5.74, 6) is 0. The normalized spacial score (nSPS) is 10.1. The zero-order valence-electron chi connectivity index (χ0n) is 2.97. The Hall–Kier alpha value is -0.320. The lowest BCUT2D eigenvalue weighted by Gasteiger charge is -1.42. The van der Waals surface area contributed by atoms with Crippen molar-refractivity contribution in [2.75, 3.05) is 0 Å². The molecule has 0 aliphatic rings. The van der Waals surface area contributed by atoms with E-state index in [1.807, 2.05) is 0 Å². The van der Waals surface area contributed by atoms with Crippen LogP contribution in [-0.2, 0) is 15.1 Å². The molecule has 0 fully saturated rings. The van der Waals surface area contributed by atoms with Crippen LogP contribution in [0.15, 0.2) is 4.13 Å². The standard InChI is InChI=1S/NO4PS/c2-6(3)1-7(4)5/p+1. The van der Waals surface area contributed by atoms with E-state index in [-0.39, 0.29) is 0 Å². The highest BCUT2D eigenvalue weighted by molar-refractivity contribution is 7.66. The summed E-state index contributed by atoms with van der Waals surface area (Å²) >= 11 is 0. The predicted octanol–water partition coefficient (Wildman–Crippen LogP) is -0.301. The molecule has 0 bridgehead atoms. The van der Waals surface area contributed by atoms with Crippen LogP contribution >= 0.6 is 8.18 Å². The van der Waals surface area contributed by atoms with E-state index in [1.54, 1.807) is 0 Å². The third-order valence-electron chi connectivity index (χ3n) is 0.137. The van der Waals surface area contributed by atoms with E-state index in [2.05, 4.69) is 4.13 Å². The van der Waals surface area contributed by atoms with Crippen molar-refractivity contribution in [1.29, 1.82) is 0 Å². The third-order valence-corrected chi connectivity index (χ3v) is 1.23. The van der Waals surface area contributed by atoms with Gasteiger partial charge in [-0.2, -0.15) is 8.42 Å². The molecular weight excluding hydrogens is 141 g/mol. The Morgan fingerprint density at radius 1 is 1.57 bits per heavy atom. The van der Waals surface area contributed by atoms with E-state index >= 15 is 0 Å². The fraction of sp³-hybridized carbons (Fsp3) is 0. The van der Waals surface area contributed by atoms with Crippen LogP contribution in [0.5, 0.6) is 0 Å². The molecule has 0 saturated heterocycles. The Kier molecular flexibility index (Phi) is 2.66. The van der Waals surface area contributed by atoms with Gasteiger partial charge in [-0.05, 0) is 0 Å². The second-order valence-corrected chi connectivity index (χ2v) is 2.14. The molecule has 7 heavy (non-hydrogen) atoms. The van der Waals surface area contributed by atoms with Gasteiger partial charge in [0, 0.05) is 4.57 Å². The number of hydrogen-bond donors (Lipinski definition) is 1. The second-order valence-electron chi connectivity index (χ2n) is 0.552. The quantitative estimate of drug-likeness (QED) is 0.509. The van der Waals surface area contributed by atoms with E-state index in [0.717, 1.165) is 0 Å². The third kappa shape index (κ3) is 5.68. The first kappa shape index (κ1) is 6.68. The molecule has 0 aromatic heterocycles. The fourth-order valence-electron chi connectivity index (χ4n) is 0.0570. The van der Waals surface area contributed by atoms with E-state index in [9.17, 15) is 13.0 Å². The van der Waals surface area contributed by atoms with Crippen molar-refractivity contribution in [3.8, 4) is 0 Å². The lowest BCUT2D eigenvalue weighted by molar-refractivity contribution is 0.505. The van der Waals surface area contributed by atoms with Crippen molar-refractivity contribution in [2.45, 2.75) is 0 Å². The van der Waals surface area contributed by atoms with Gasteiger partial charge in [0.05, 0.1) is 0 Å². The average molecular weight is 142 g/mol. The maximum Gasteiger partial charge on any atom is 0.683 e. The zero-order valence-corrected chi connectivity index (χ0v) is 4.69. The lowest BCUT2D eigenvalue weighted by Crippen LogP contribution is -1.49. The molecular formula is HNO4PS+. The Labute approximate surface area is 41.6 Å². The maximum absolute atomic E-state index is 9.40. The summed E-state index contributed by atoms with van der Waals surface area (Å²) < 4.78 is 30.3. The summed E-state index contributed by atoms with van der Waals surface area (Å²) in [4.78, 5) is 7.67. The molecule has 0 amide bonds. The summed E-state index contributed by atoms with van der Waals surface area (Å²) in [7, 11) is -5.63. The van der Waals surface area contributed by atoms with Crippen molar-refractivity contribution < 1.29 is 17.9 Å². The molecule has 5 nitrogen and oxygen atoms in total. The van der Waals surface area contributed by atoms with Crippen molar-refractivity contribution in [3.63, 3.8) is 0 Å². The highest BCUT2D eigenvalue weighted by Crippen LogP contribution is 2.11. The molecule has 0 aliphatic heterocycles. The van der Waals surface area contributed by atoms with Crippen LogP contribution in [0.2, 0.25) is 0 Å². The molecule has 0 aromatic rings. The summed E-state index contributed by atoms with van der Waals surface area (Å²) in [6, 6.07) is 0. The lowest BCUT2D eigenvalue weighted by atomic mass is 13.9. The van der Waals surface area contributed by atoms with Gasteiger partial charge in [0.15, 0.2) is 0 Å². The van der Waals surface area contributed by atoms with Gasteiger partial charge >= 0.3 is 18.7 Å². The molecule has 0 spiro atoms. The SMILES string of the molecule is O=[P+](O)N=S(=O)=O. The monoisotopic (exact) mass is 142 g/mol. The van der Waals surface area contributed by atoms with E-state index in [1.165, 1.54) is 0 Å². The van der Waals surface area contributed by atoms with Crippen molar-refractivity contribution in [3.05, 3.63) is 0 Å². The first-order valence-electron chi connectivity index (χ1n) is 1.10. The number of nitrogens with zero attached hydrogens (tertiary/aromatic N) is 1. The molecule has 1 unspecified atom stereocenters. The maximum atomic E-state index is 9.40. The second kappa shape index (κ2) is 2.79. The summed E-state index contributed by atoms with van der Waals surface area (Å²) in [6.07, 6.45) is 0. The predicted molar refractivity (Wildman–Crippen MR) is 21.2 cm³/mol. The van der Waals surface area contributed by atoms with Crippen molar-refractivity contribution in [1.82, 2.24) is 0 Å². The van der Waals surface area contributed by atoms with Gasteiger partial charge in [0.1, 0.15) is 4.13 Å². The zero-order chi connectivity index (χ0) is 5.86. The van der Waals surface area contributed by atoms with Gasteiger partial charge in [-0.1, -0.05) is 0 Å². The summed E-state index contributed by atoms with van der Waals surface area (Å²) in [6.45, 7) is 0. The minimum Gasteiger partial charge on any atom is -0.160 e. The van der Waals surface area contributed by atoms with Crippen LogP contribution < -0.4 is 0 Å². The van der Waals surface area contributed by atoms with Crippen LogP contribution in [0.25, 0.3) is 0 Å². The Balaban J connectivity index is 4.26. The van der Waals surface area contributed by atoms with Gasteiger partial charge in [0.25, 0.3) is 0 Å². The van der Waals surface area contributed by atoms with E-state index in [0.29, 0.717) is 0 Å². The Morgan fingerprint density at radius 3 is 2.00 bits per heavy atom. The van der Waals surface area contributed by atoms with E-state index < -0.39 is 18.7 Å². The van der Waals surface area contributed by atoms with Gasteiger partial charge in [-0.15, -0.1) is 4.89 Å². The highest BCUT2D eigenvalue weighted by Gasteiger charge is 2.05. The van der Waals surface area contributed by atoms with Crippen molar-refractivity contribution >= 4 is 18.7 Å². The largest absolute Gasteiger partial charge is 0.683 e. The van der Waals surface area contributed by atoms with Gasteiger partial charge < -0.3 is 0 Å². The van der Waals surface area contributed by atoms with Gasteiger partial charge in [-0.25, -0.2) is 0 Å². The minimum atomic E-state index is -2.88. The Morgan fingerprint density at radius 2 is 2.00 bits per heavy atom. The molecule has 0 saturated carbocycles. The average Bonchev–Trinajstić information content (AvgIpc) is 1.27. The molecule has 0 rings (SSSR count). The van der Waals surface area contributed by atoms with Crippen LogP contribution in [0, 0.1) is 0 Å². The van der Waals surface area contributed by atoms with E-state index in [4.69, 9.17) is 4.89 Å². The molecule has 0 radical (unpaired) electrons. The number of hydrogen-bond acceptors (Lipinski definition) is 3. The first-order valence-corrected chi connectivity index (χ1v) is 3.30. The van der Waals surface area contributed by atoms with Gasteiger partial charge in [0.2, 0.25) is 0 Å². The fourth-order valence-corrected chi connectivity index (χ4v) is 0.513. The first-order chi connectivity index (χ1) is 3.13. The molecule has 40 valence electrons. The highest BCUT2D eigenvalue weighted by atomic mass is 32.2. The minimum absolute atomic E-state index is 2.26. The topological polar surface area (TPSA) is 83.8 Å². The van der Waals surface area contributed by atoms with Crippen LogP contribution in [0.1, 0.15) is 0 Å². The number of rotatable bonds is 1. The van der Waals surface area contributed by atoms with Gasteiger partial charge in [-0.3, -0.25) is 0 Å². The van der Waals surface area contributed by atoms with Crippen LogP contribution in [-0.4, -0.2) is 13.3 Å².